The number of unbranched alkanes of at least 4 members (excludes halogenated alkanes) is 7. The second kappa shape index (κ2) is 14.5. The standard InChI is InChI=1S/C19H41NO2/c1-17(2)13-11-9-7-5-6-8-10-12-14-20(15-18(3)21)16-19(4)22/h17-19,21-22H,5-16H2,1-4H3. The number of hydrogen-bond acceptors (Lipinski definition) is 3. The molecule has 0 aliphatic heterocycles. The molecule has 0 saturated carbocycles. The first-order valence-electron chi connectivity index (χ1n) is 9.50. The third kappa shape index (κ3) is 16.3. The third-order valence-corrected chi connectivity index (χ3v) is 4.05. The van der Waals surface area contributed by atoms with E-state index in [0.717, 1.165) is 12.5 Å². The van der Waals surface area contributed by atoms with Crippen LogP contribution in [0.1, 0.15) is 85.5 Å². The Morgan fingerprint density at radius 1 is 0.636 bits per heavy atom. The van der Waals surface area contributed by atoms with Gasteiger partial charge in [0, 0.05) is 13.1 Å². The van der Waals surface area contributed by atoms with Crippen molar-refractivity contribution in [2.45, 2.75) is 97.7 Å². The second-order valence-corrected chi connectivity index (χ2v) is 7.47. The van der Waals surface area contributed by atoms with Crippen LogP contribution in [-0.2, 0) is 0 Å². The van der Waals surface area contributed by atoms with Crippen molar-refractivity contribution in [1.82, 2.24) is 4.90 Å². The van der Waals surface area contributed by atoms with Gasteiger partial charge in [0.2, 0.25) is 0 Å². The maximum absolute atomic E-state index is 9.49. The van der Waals surface area contributed by atoms with E-state index in [-0.39, 0.29) is 12.2 Å². The average Bonchev–Trinajstić information content (AvgIpc) is 2.39. The number of nitrogens with zero attached hydrogens (tertiary/aromatic N) is 1. The molecule has 2 N–H and O–H groups in total. The molecule has 3 nitrogen and oxygen atoms in total. The van der Waals surface area contributed by atoms with Gasteiger partial charge in [0.15, 0.2) is 0 Å². The molecule has 0 radical (unpaired) electrons. The van der Waals surface area contributed by atoms with Crippen molar-refractivity contribution in [2.24, 2.45) is 5.92 Å². The zero-order valence-electron chi connectivity index (χ0n) is 15.6. The molecule has 0 aliphatic carbocycles. The van der Waals surface area contributed by atoms with Gasteiger partial charge in [-0.25, -0.2) is 0 Å². The Hall–Kier alpha value is -0.120. The summed E-state index contributed by atoms with van der Waals surface area (Å²) in [5.74, 6) is 0.853. The molecule has 3 heteroatoms. The Labute approximate surface area is 139 Å². The van der Waals surface area contributed by atoms with Crippen molar-refractivity contribution < 1.29 is 10.2 Å². The van der Waals surface area contributed by atoms with E-state index in [4.69, 9.17) is 0 Å². The molecule has 22 heavy (non-hydrogen) atoms. The molecule has 0 fully saturated rings. The molecule has 2 atom stereocenters. The Bertz CT molecular complexity index is 219. The minimum atomic E-state index is -0.315. The molecule has 0 aromatic heterocycles. The first kappa shape index (κ1) is 21.9. The molecule has 134 valence electrons. The van der Waals surface area contributed by atoms with Gasteiger partial charge in [-0.05, 0) is 32.7 Å². The van der Waals surface area contributed by atoms with Crippen molar-refractivity contribution >= 4 is 0 Å². The first-order valence-corrected chi connectivity index (χ1v) is 9.50. The molecule has 0 saturated heterocycles. The van der Waals surface area contributed by atoms with E-state index in [1.165, 1.54) is 57.8 Å². The van der Waals surface area contributed by atoms with Gasteiger partial charge in [-0.15, -0.1) is 0 Å². The zero-order valence-corrected chi connectivity index (χ0v) is 15.6. The van der Waals surface area contributed by atoms with Crippen LogP contribution in [0.2, 0.25) is 0 Å². The quantitative estimate of drug-likeness (QED) is 0.445. The number of hydrogen-bond donors (Lipinski definition) is 2. The van der Waals surface area contributed by atoms with Gasteiger partial charge in [0.25, 0.3) is 0 Å². The molecule has 0 spiro atoms. The molecule has 0 aliphatic rings. The third-order valence-electron chi connectivity index (χ3n) is 4.05. The van der Waals surface area contributed by atoms with Crippen LogP contribution in [0.4, 0.5) is 0 Å². The SMILES string of the molecule is CC(C)CCCCCCCCCCN(CC(C)O)CC(C)O. The number of aliphatic hydroxyl groups is 2. The molecule has 2 unspecified atom stereocenters. The molecular formula is C19H41NO2. The van der Waals surface area contributed by atoms with Crippen LogP contribution in [0.15, 0.2) is 0 Å². The Morgan fingerprint density at radius 3 is 1.45 bits per heavy atom. The molecule has 0 amide bonds. The van der Waals surface area contributed by atoms with Crippen LogP contribution in [-0.4, -0.2) is 47.0 Å². The summed E-state index contributed by atoms with van der Waals surface area (Å²) in [7, 11) is 0. The van der Waals surface area contributed by atoms with Gasteiger partial charge in [-0.3, -0.25) is 4.90 Å². The number of aliphatic hydroxyl groups excluding tert-OH is 2. The van der Waals surface area contributed by atoms with Gasteiger partial charge in [-0.1, -0.05) is 65.2 Å². The fourth-order valence-electron chi connectivity index (χ4n) is 2.95. The van der Waals surface area contributed by atoms with Crippen LogP contribution in [0, 0.1) is 5.92 Å². The summed E-state index contributed by atoms with van der Waals surface area (Å²) in [5.41, 5.74) is 0. The first-order chi connectivity index (χ1) is 10.4. The predicted molar refractivity (Wildman–Crippen MR) is 96.2 cm³/mol. The highest BCUT2D eigenvalue weighted by Crippen LogP contribution is 2.12. The van der Waals surface area contributed by atoms with Gasteiger partial charge < -0.3 is 10.2 Å². The van der Waals surface area contributed by atoms with Crippen molar-refractivity contribution in [3.8, 4) is 0 Å². The molecular weight excluding hydrogens is 274 g/mol. The maximum Gasteiger partial charge on any atom is 0.0639 e. The largest absolute Gasteiger partial charge is 0.392 e. The summed E-state index contributed by atoms with van der Waals surface area (Å²) in [6, 6.07) is 0. The average molecular weight is 316 g/mol. The lowest BCUT2D eigenvalue weighted by Crippen LogP contribution is -2.36. The summed E-state index contributed by atoms with van der Waals surface area (Å²) in [6.45, 7) is 10.6. The van der Waals surface area contributed by atoms with Crippen LogP contribution in [0.5, 0.6) is 0 Å². The van der Waals surface area contributed by atoms with Crippen LogP contribution in [0.25, 0.3) is 0 Å². The van der Waals surface area contributed by atoms with Crippen LogP contribution < -0.4 is 0 Å². The zero-order chi connectivity index (χ0) is 16.8. The van der Waals surface area contributed by atoms with E-state index in [1.54, 1.807) is 0 Å². The van der Waals surface area contributed by atoms with E-state index < -0.39 is 0 Å². The van der Waals surface area contributed by atoms with Crippen molar-refractivity contribution in [1.29, 1.82) is 0 Å². The summed E-state index contributed by atoms with van der Waals surface area (Å²) < 4.78 is 0. The maximum atomic E-state index is 9.49. The fourth-order valence-corrected chi connectivity index (χ4v) is 2.95. The lowest BCUT2D eigenvalue weighted by atomic mass is 10.0. The topological polar surface area (TPSA) is 43.7 Å². The molecule has 0 aromatic carbocycles. The van der Waals surface area contributed by atoms with Gasteiger partial charge in [0.05, 0.1) is 12.2 Å². The Morgan fingerprint density at radius 2 is 1.05 bits per heavy atom. The predicted octanol–water partition coefficient (Wildman–Crippen LogP) is 4.22. The summed E-state index contributed by atoms with van der Waals surface area (Å²) in [5, 5.41) is 19.0. The van der Waals surface area contributed by atoms with E-state index in [2.05, 4.69) is 18.7 Å². The summed E-state index contributed by atoms with van der Waals surface area (Å²) >= 11 is 0. The highest BCUT2D eigenvalue weighted by atomic mass is 16.3. The molecule has 0 heterocycles. The number of rotatable bonds is 15. The van der Waals surface area contributed by atoms with E-state index >= 15 is 0 Å². The minimum absolute atomic E-state index is 0.315. The van der Waals surface area contributed by atoms with Crippen molar-refractivity contribution in [3.05, 3.63) is 0 Å². The van der Waals surface area contributed by atoms with Gasteiger partial charge in [-0.2, -0.15) is 0 Å². The van der Waals surface area contributed by atoms with E-state index in [1.807, 2.05) is 13.8 Å². The van der Waals surface area contributed by atoms with Crippen LogP contribution >= 0.6 is 0 Å². The van der Waals surface area contributed by atoms with Crippen molar-refractivity contribution in [2.75, 3.05) is 19.6 Å². The highest BCUT2D eigenvalue weighted by Gasteiger charge is 2.10. The second-order valence-electron chi connectivity index (χ2n) is 7.47. The van der Waals surface area contributed by atoms with E-state index in [9.17, 15) is 10.2 Å². The summed E-state index contributed by atoms with van der Waals surface area (Å²) in [4.78, 5) is 2.18. The van der Waals surface area contributed by atoms with E-state index in [0.29, 0.717) is 13.1 Å². The normalized spacial score (nSPS) is 14.7. The lowest BCUT2D eigenvalue weighted by molar-refractivity contribution is 0.0825. The van der Waals surface area contributed by atoms with Gasteiger partial charge >= 0.3 is 0 Å². The molecule has 0 rings (SSSR count). The smallest absolute Gasteiger partial charge is 0.0639 e. The Balaban J connectivity index is 3.45. The monoisotopic (exact) mass is 315 g/mol. The highest BCUT2D eigenvalue weighted by molar-refractivity contribution is 4.64. The minimum Gasteiger partial charge on any atom is -0.392 e. The molecule has 0 bridgehead atoms. The fraction of sp³-hybridized carbons (Fsp3) is 1.00. The lowest BCUT2D eigenvalue weighted by Gasteiger charge is -2.24. The Kier molecular flexibility index (Phi) is 14.4. The van der Waals surface area contributed by atoms with Crippen molar-refractivity contribution in [3.63, 3.8) is 0 Å². The van der Waals surface area contributed by atoms with Gasteiger partial charge in [0.1, 0.15) is 0 Å². The molecule has 0 aromatic rings. The van der Waals surface area contributed by atoms with Crippen LogP contribution in [0.3, 0.4) is 0 Å². The summed E-state index contributed by atoms with van der Waals surface area (Å²) in [6.07, 6.45) is 11.4.